The number of methoxy groups -OCH3 is 1. The summed E-state index contributed by atoms with van der Waals surface area (Å²) in [5.74, 6) is 0.843. The van der Waals surface area contributed by atoms with Crippen LogP contribution in [0.5, 0.6) is 5.75 Å². The molecule has 0 aromatic heterocycles. The molecule has 1 unspecified atom stereocenters. The number of hydrogen-bond acceptors (Lipinski definition) is 4. The van der Waals surface area contributed by atoms with Gasteiger partial charge in [0.05, 0.1) is 12.9 Å². The molecule has 1 heterocycles. The van der Waals surface area contributed by atoms with Crippen molar-refractivity contribution < 1.29 is 13.2 Å². The maximum absolute atomic E-state index is 12.6. The van der Waals surface area contributed by atoms with Gasteiger partial charge in [0, 0.05) is 0 Å². The highest BCUT2D eigenvalue weighted by Crippen LogP contribution is 2.29. The number of sulfone groups is 1. The number of nitrogens with one attached hydrogen (secondary N) is 1. The first-order chi connectivity index (χ1) is 9.44. The second kappa shape index (κ2) is 6.14. The van der Waals surface area contributed by atoms with Gasteiger partial charge in [0.1, 0.15) is 10.6 Å². The third-order valence-corrected chi connectivity index (χ3v) is 5.87. The van der Waals surface area contributed by atoms with E-state index in [-0.39, 0.29) is 11.7 Å². The molecule has 0 aliphatic carbocycles. The monoisotopic (exact) mass is 297 g/mol. The molecule has 0 bridgehead atoms. The van der Waals surface area contributed by atoms with Gasteiger partial charge in [-0.15, -0.1) is 0 Å². The minimum absolute atomic E-state index is 0.193. The lowest BCUT2D eigenvalue weighted by atomic mass is 10.0. The van der Waals surface area contributed by atoms with E-state index in [0.717, 1.165) is 37.1 Å². The van der Waals surface area contributed by atoms with Gasteiger partial charge in [-0.05, 0) is 69.0 Å². The molecule has 1 aliphatic rings. The quantitative estimate of drug-likeness (QED) is 0.924. The molecule has 112 valence electrons. The number of benzene rings is 1. The number of piperidine rings is 1. The van der Waals surface area contributed by atoms with Crippen molar-refractivity contribution in [2.75, 3.05) is 26.0 Å². The zero-order valence-electron chi connectivity index (χ0n) is 12.4. The molecule has 1 aromatic rings. The SMILES string of the molecule is COc1cc(C)c(C)cc1S(=O)(=O)CC1CCCNC1. The van der Waals surface area contributed by atoms with E-state index in [0.29, 0.717) is 10.6 Å². The number of rotatable bonds is 4. The van der Waals surface area contributed by atoms with Crippen LogP contribution in [0.25, 0.3) is 0 Å². The van der Waals surface area contributed by atoms with Crippen molar-refractivity contribution >= 4 is 9.84 Å². The molecule has 0 radical (unpaired) electrons. The fourth-order valence-electron chi connectivity index (χ4n) is 2.63. The van der Waals surface area contributed by atoms with E-state index in [1.54, 1.807) is 12.1 Å². The number of ether oxygens (including phenoxy) is 1. The molecule has 5 heteroatoms. The van der Waals surface area contributed by atoms with Crippen molar-refractivity contribution in [3.05, 3.63) is 23.3 Å². The van der Waals surface area contributed by atoms with Crippen molar-refractivity contribution in [2.24, 2.45) is 5.92 Å². The Bertz CT molecular complexity index is 575. The van der Waals surface area contributed by atoms with Gasteiger partial charge in [0.25, 0.3) is 0 Å². The summed E-state index contributed by atoms with van der Waals surface area (Å²) < 4.78 is 30.5. The first-order valence-electron chi connectivity index (χ1n) is 7.03. The Labute approximate surface area is 121 Å². The van der Waals surface area contributed by atoms with Crippen LogP contribution in [0.3, 0.4) is 0 Å². The Morgan fingerprint density at radius 3 is 2.60 bits per heavy atom. The third-order valence-electron chi connectivity index (χ3n) is 3.97. The fraction of sp³-hybridized carbons (Fsp3) is 0.600. The first kappa shape index (κ1) is 15.3. The summed E-state index contributed by atoms with van der Waals surface area (Å²) in [4.78, 5) is 0.327. The van der Waals surface area contributed by atoms with Crippen LogP contribution in [0.4, 0.5) is 0 Å². The zero-order chi connectivity index (χ0) is 14.8. The average molecular weight is 297 g/mol. The highest BCUT2D eigenvalue weighted by Gasteiger charge is 2.26. The molecule has 0 amide bonds. The van der Waals surface area contributed by atoms with Crippen LogP contribution in [0, 0.1) is 19.8 Å². The average Bonchev–Trinajstić information content (AvgIpc) is 2.42. The van der Waals surface area contributed by atoms with E-state index in [2.05, 4.69) is 5.32 Å². The Balaban J connectivity index is 2.30. The Hall–Kier alpha value is -1.07. The molecule has 4 nitrogen and oxygen atoms in total. The number of aryl methyl sites for hydroxylation is 2. The summed E-state index contributed by atoms with van der Waals surface area (Å²) in [6.45, 7) is 5.66. The Kier molecular flexibility index (Phi) is 4.70. The summed E-state index contributed by atoms with van der Waals surface area (Å²) in [5.41, 5.74) is 2.02. The standard InChI is InChI=1S/C15H23NO3S/c1-11-7-14(19-3)15(8-12(11)2)20(17,18)10-13-5-4-6-16-9-13/h7-8,13,16H,4-6,9-10H2,1-3H3. The normalized spacial score (nSPS) is 19.9. The van der Waals surface area contributed by atoms with Gasteiger partial charge in [0.15, 0.2) is 9.84 Å². The maximum Gasteiger partial charge on any atom is 0.182 e. The molecule has 1 aromatic carbocycles. The van der Waals surface area contributed by atoms with Crippen molar-refractivity contribution in [2.45, 2.75) is 31.6 Å². The minimum atomic E-state index is -3.31. The minimum Gasteiger partial charge on any atom is -0.495 e. The summed E-state index contributed by atoms with van der Waals surface area (Å²) >= 11 is 0. The highest BCUT2D eigenvalue weighted by molar-refractivity contribution is 7.91. The highest BCUT2D eigenvalue weighted by atomic mass is 32.2. The summed E-state index contributed by atoms with van der Waals surface area (Å²) in [6, 6.07) is 3.54. The van der Waals surface area contributed by atoms with Gasteiger partial charge in [0.2, 0.25) is 0 Å². The molecule has 1 fully saturated rings. The third kappa shape index (κ3) is 3.33. The van der Waals surface area contributed by atoms with Crippen LogP contribution in [-0.2, 0) is 9.84 Å². The predicted molar refractivity (Wildman–Crippen MR) is 80.1 cm³/mol. The fourth-order valence-corrected chi connectivity index (χ4v) is 4.52. The van der Waals surface area contributed by atoms with E-state index in [9.17, 15) is 8.42 Å². The second-order valence-corrected chi connectivity index (χ2v) is 7.58. The van der Waals surface area contributed by atoms with E-state index in [4.69, 9.17) is 4.74 Å². The van der Waals surface area contributed by atoms with Crippen molar-refractivity contribution in [1.29, 1.82) is 0 Å². The molecule has 0 spiro atoms. The maximum atomic E-state index is 12.6. The topological polar surface area (TPSA) is 55.4 Å². The van der Waals surface area contributed by atoms with E-state index in [1.807, 2.05) is 13.8 Å². The van der Waals surface area contributed by atoms with E-state index in [1.165, 1.54) is 7.11 Å². The van der Waals surface area contributed by atoms with E-state index < -0.39 is 9.84 Å². The van der Waals surface area contributed by atoms with Gasteiger partial charge >= 0.3 is 0 Å². The van der Waals surface area contributed by atoms with Crippen LogP contribution < -0.4 is 10.1 Å². The van der Waals surface area contributed by atoms with Crippen molar-refractivity contribution in [1.82, 2.24) is 5.32 Å². The second-order valence-electron chi connectivity index (χ2n) is 5.58. The summed E-state index contributed by atoms with van der Waals surface area (Å²) in [6.07, 6.45) is 2.02. The molecule has 2 rings (SSSR count). The van der Waals surface area contributed by atoms with Gasteiger partial charge in [-0.3, -0.25) is 0 Å². The summed E-state index contributed by atoms with van der Waals surface area (Å²) in [7, 11) is -1.79. The lowest BCUT2D eigenvalue weighted by Gasteiger charge is -2.23. The molecule has 1 saturated heterocycles. The Morgan fingerprint density at radius 1 is 1.30 bits per heavy atom. The predicted octanol–water partition coefficient (Wildman–Crippen LogP) is 2.09. The van der Waals surface area contributed by atoms with Crippen LogP contribution in [0.15, 0.2) is 17.0 Å². The number of hydrogen-bond donors (Lipinski definition) is 1. The molecule has 20 heavy (non-hydrogen) atoms. The molecular formula is C15H23NO3S. The van der Waals surface area contributed by atoms with Crippen LogP contribution >= 0.6 is 0 Å². The first-order valence-corrected chi connectivity index (χ1v) is 8.68. The summed E-state index contributed by atoms with van der Waals surface area (Å²) in [5, 5.41) is 3.26. The Morgan fingerprint density at radius 2 is 2.00 bits per heavy atom. The smallest absolute Gasteiger partial charge is 0.182 e. The lowest BCUT2D eigenvalue weighted by Crippen LogP contribution is -2.33. The van der Waals surface area contributed by atoms with Crippen LogP contribution in [0.2, 0.25) is 0 Å². The lowest BCUT2D eigenvalue weighted by molar-refractivity contribution is 0.395. The molecule has 1 N–H and O–H groups in total. The molecule has 1 aliphatic heterocycles. The molecule has 1 atom stereocenters. The molecule has 0 saturated carbocycles. The van der Waals surface area contributed by atoms with Gasteiger partial charge in [-0.2, -0.15) is 0 Å². The largest absolute Gasteiger partial charge is 0.495 e. The molecular weight excluding hydrogens is 274 g/mol. The zero-order valence-corrected chi connectivity index (χ0v) is 13.2. The van der Waals surface area contributed by atoms with Crippen LogP contribution in [-0.4, -0.2) is 34.4 Å². The van der Waals surface area contributed by atoms with E-state index >= 15 is 0 Å². The van der Waals surface area contributed by atoms with Crippen molar-refractivity contribution in [3.63, 3.8) is 0 Å². The van der Waals surface area contributed by atoms with Crippen LogP contribution in [0.1, 0.15) is 24.0 Å². The van der Waals surface area contributed by atoms with Gasteiger partial charge < -0.3 is 10.1 Å². The van der Waals surface area contributed by atoms with Gasteiger partial charge in [-0.1, -0.05) is 0 Å². The van der Waals surface area contributed by atoms with Gasteiger partial charge in [-0.25, -0.2) is 8.42 Å². The van der Waals surface area contributed by atoms with Crippen molar-refractivity contribution in [3.8, 4) is 5.75 Å².